The largest absolute Gasteiger partial charge is 0.541 e. The minimum Gasteiger partial charge on any atom is -0.541 e. The number of halogens is 3. The third-order valence-electron chi connectivity index (χ3n) is 8.41. The molecule has 0 fully saturated rings. The second-order valence-corrected chi connectivity index (χ2v) is 18.9. The van der Waals surface area contributed by atoms with Gasteiger partial charge in [-0.3, -0.25) is 14.5 Å². The summed E-state index contributed by atoms with van der Waals surface area (Å²) >= 11 is 0. The van der Waals surface area contributed by atoms with Crippen LogP contribution in [0.25, 0.3) is 21.7 Å². The van der Waals surface area contributed by atoms with Gasteiger partial charge in [0.25, 0.3) is 20.1 Å². The number of rotatable bonds is 9. The first-order chi connectivity index (χ1) is 21.0. The lowest BCUT2D eigenvalue weighted by Crippen LogP contribution is -2.51. The monoisotopic (exact) mass is 659 g/mol. The molecule has 0 spiro atoms. The summed E-state index contributed by atoms with van der Waals surface area (Å²) in [7, 11) is -9.15. The molecule has 14 heteroatoms. The van der Waals surface area contributed by atoms with Gasteiger partial charge in [-0.05, 0) is 39.0 Å². The van der Waals surface area contributed by atoms with Gasteiger partial charge in [0.15, 0.2) is 5.75 Å². The van der Waals surface area contributed by atoms with Crippen LogP contribution in [0.2, 0.25) is 16.6 Å². The van der Waals surface area contributed by atoms with Crippen LogP contribution in [-0.4, -0.2) is 48.9 Å². The van der Waals surface area contributed by atoms with Gasteiger partial charge in [0.1, 0.15) is 23.2 Å². The standard InChI is InChI=1S/C31H32F3N3O6SSi/c1-17(2)45(18(3)4,19(5)6)43-28-25-24(27(23-14-35-16-36-26(23)28)42-44(40,41)31(32,33)34)29(38)37(30(25)39)15-20-11-12-21-9-7-8-10-22(21)13-20/h7-14,16-19H,15H2,1-6H3. The number of nitrogens with zero attached hydrogens (tertiary/aromatic N) is 3. The summed E-state index contributed by atoms with van der Waals surface area (Å²) in [6, 6.07) is 12.8. The zero-order chi connectivity index (χ0) is 33.1. The number of benzene rings is 3. The summed E-state index contributed by atoms with van der Waals surface area (Å²) in [5.74, 6) is -2.97. The molecule has 9 nitrogen and oxygen atoms in total. The fourth-order valence-corrected chi connectivity index (χ4v) is 12.2. The highest BCUT2D eigenvalue weighted by molar-refractivity contribution is 7.88. The average molecular weight is 660 g/mol. The van der Waals surface area contributed by atoms with E-state index in [0.717, 1.165) is 28.2 Å². The van der Waals surface area contributed by atoms with E-state index in [-0.39, 0.29) is 39.8 Å². The molecule has 4 aromatic rings. The Morgan fingerprint density at radius 2 is 1.44 bits per heavy atom. The molecule has 238 valence electrons. The van der Waals surface area contributed by atoms with Crippen LogP contribution in [0.1, 0.15) is 67.8 Å². The Morgan fingerprint density at radius 1 is 0.867 bits per heavy atom. The zero-order valence-electron chi connectivity index (χ0n) is 25.5. The predicted octanol–water partition coefficient (Wildman–Crippen LogP) is 7.36. The van der Waals surface area contributed by atoms with Crippen molar-refractivity contribution in [2.45, 2.75) is 70.2 Å². The lowest BCUT2D eigenvalue weighted by atomic mass is 10.0. The van der Waals surface area contributed by atoms with Crippen LogP contribution >= 0.6 is 0 Å². The molecule has 0 bridgehead atoms. The van der Waals surface area contributed by atoms with Gasteiger partial charge in [-0.1, -0.05) is 77.9 Å². The van der Waals surface area contributed by atoms with Crippen LogP contribution in [0.3, 0.4) is 0 Å². The van der Waals surface area contributed by atoms with Crippen LogP contribution in [0.4, 0.5) is 13.2 Å². The van der Waals surface area contributed by atoms with Gasteiger partial charge in [0.2, 0.25) is 0 Å². The maximum atomic E-state index is 14.2. The van der Waals surface area contributed by atoms with Crippen molar-refractivity contribution >= 4 is 51.9 Å². The molecule has 2 amide bonds. The molecule has 0 radical (unpaired) electrons. The fraction of sp³-hybridized carbons (Fsp3) is 0.355. The van der Waals surface area contributed by atoms with E-state index < -0.39 is 52.6 Å². The van der Waals surface area contributed by atoms with Crippen molar-refractivity contribution in [1.29, 1.82) is 0 Å². The number of fused-ring (bicyclic) bond motifs is 3. The summed E-state index contributed by atoms with van der Waals surface area (Å²) in [5.41, 5.74) is -6.45. The van der Waals surface area contributed by atoms with Crippen molar-refractivity contribution in [3.05, 3.63) is 71.7 Å². The first kappa shape index (κ1) is 32.4. The number of aromatic nitrogens is 2. The number of hydrogen-bond acceptors (Lipinski definition) is 8. The van der Waals surface area contributed by atoms with Crippen molar-refractivity contribution in [2.75, 3.05) is 0 Å². The highest BCUT2D eigenvalue weighted by Gasteiger charge is 2.53. The molecule has 5 rings (SSSR count). The van der Waals surface area contributed by atoms with Gasteiger partial charge < -0.3 is 8.61 Å². The first-order valence-corrected chi connectivity index (χ1v) is 17.9. The first-order valence-electron chi connectivity index (χ1n) is 14.3. The molecule has 1 aliphatic rings. The van der Waals surface area contributed by atoms with Crippen molar-refractivity contribution in [3.63, 3.8) is 0 Å². The lowest BCUT2D eigenvalue weighted by molar-refractivity contribution is -0.0499. The molecule has 0 unspecified atom stereocenters. The Bertz CT molecular complexity index is 1920. The quantitative estimate of drug-likeness (QED) is 0.0792. The Hall–Kier alpha value is -4.04. The van der Waals surface area contributed by atoms with Gasteiger partial charge in [0.05, 0.1) is 17.5 Å². The van der Waals surface area contributed by atoms with Crippen LogP contribution in [0.15, 0.2) is 55.0 Å². The third-order valence-corrected chi connectivity index (χ3v) is 15.3. The molecular weight excluding hydrogens is 628 g/mol. The third kappa shape index (κ3) is 5.33. The van der Waals surface area contributed by atoms with E-state index >= 15 is 0 Å². The van der Waals surface area contributed by atoms with Crippen LogP contribution < -0.4 is 8.61 Å². The SMILES string of the molecule is CC(C)[Si](Oc1c2c(c(OS(=O)(=O)C(F)(F)F)c3cncnc13)C(=O)N(Cc1ccc3ccccc3c1)C2=O)(C(C)C)C(C)C. The van der Waals surface area contributed by atoms with Crippen LogP contribution in [0.5, 0.6) is 11.5 Å². The number of hydrogen-bond donors (Lipinski definition) is 0. The molecule has 1 aromatic heterocycles. The van der Waals surface area contributed by atoms with E-state index in [4.69, 9.17) is 4.43 Å². The van der Waals surface area contributed by atoms with E-state index in [2.05, 4.69) is 14.2 Å². The second-order valence-electron chi connectivity index (χ2n) is 12.0. The minimum atomic E-state index is -6.26. The Kier molecular flexibility index (Phi) is 8.19. The molecule has 0 aliphatic carbocycles. The number of carbonyl (C=O) groups excluding carboxylic acids is 2. The van der Waals surface area contributed by atoms with E-state index in [1.54, 1.807) is 12.1 Å². The lowest BCUT2D eigenvalue weighted by Gasteiger charge is -2.42. The molecule has 0 N–H and O–H groups in total. The molecule has 0 saturated carbocycles. The Labute approximate surface area is 259 Å². The number of imide groups is 1. The molecule has 0 saturated heterocycles. The predicted molar refractivity (Wildman–Crippen MR) is 165 cm³/mol. The van der Waals surface area contributed by atoms with Gasteiger partial charge >= 0.3 is 15.6 Å². The number of carbonyl (C=O) groups is 2. The number of amides is 2. The summed E-state index contributed by atoms with van der Waals surface area (Å²) in [5, 5.41) is 1.46. The molecule has 0 atom stereocenters. The Balaban J connectivity index is 1.78. The summed E-state index contributed by atoms with van der Waals surface area (Å²) in [6.45, 7) is 11.7. The average Bonchev–Trinajstić information content (AvgIpc) is 3.20. The van der Waals surface area contributed by atoms with Crippen molar-refractivity contribution in [2.24, 2.45) is 0 Å². The highest BCUT2D eigenvalue weighted by atomic mass is 32.2. The summed E-state index contributed by atoms with van der Waals surface area (Å²) < 4.78 is 76.9. The maximum absolute atomic E-state index is 14.2. The fourth-order valence-electron chi connectivity index (χ4n) is 6.46. The van der Waals surface area contributed by atoms with Gasteiger partial charge in [0, 0.05) is 6.20 Å². The van der Waals surface area contributed by atoms with Gasteiger partial charge in [-0.15, -0.1) is 0 Å². The van der Waals surface area contributed by atoms with Crippen molar-refractivity contribution in [1.82, 2.24) is 14.9 Å². The van der Waals surface area contributed by atoms with Crippen molar-refractivity contribution in [3.8, 4) is 11.5 Å². The van der Waals surface area contributed by atoms with Gasteiger partial charge in [-0.2, -0.15) is 21.6 Å². The zero-order valence-corrected chi connectivity index (χ0v) is 27.3. The van der Waals surface area contributed by atoms with E-state index in [1.807, 2.05) is 71.9 Å². The smallest absolute Gasteiger partial charge is 0.534 e. The molecule has 2 heterocycles. The summed E-state index contributed by atoms with van der Waals surface area (Å²) in [4.78, 5) is 37.2. The molecule has 3 aromatic carbocycles. The Morgan fingerprint density at radius 3 is 2.02 bits per heavy atom. The van der Waals surface area contributed by atoms with Crippen molar-refractivity contribution < 1.29 is 39.8 Å². The van der Waals surface area contributed by atoms with E-state index in [9.17, 15) is 31.2 Å². The van der Waals surface area contributed by atoms with E-state index in [0.29, 0.717) is 5.56 Å². The molecule has 45 heavy (non-hydrogen) atoms. The normalized spacial score (nSPS) is 14.4. The molecular formula is C31H32F3N3O6SSi. The highest BCUT2D eigenvalue weighted by Crippen LogP contribution is 2.50. The minimum absolute atomic E-state index is 0.00696. The van der Waals surface area contributed by atoms with Gasteiger partial charge in [-0.25, -0.2) is 9.97 Å². The topological polar surface area (TPSA) is 116 Å². The second kappa shape index (κ2) is 11.4. The summed E-state index contributed by atoms with van der Waals surface area (Å²) in [6.07, 6.45) is 2.14. The van der Waals surface area contributed by atoms with E-state index in [1.165, 1.54) is 0 Å². The number of alkyl halides is 3. The molecule has 1 aliphatic heterocycles. The maximum Gasteiger partial charge on any atom is 0.534 e. The van der Waals surface area contributed by atoms with Crippen LogP contribution in [-0.2, 0) is 16.7 Å². The van der Waals surface area contributed by atoms with Crippen LogP contribution in [0, 0.1) is 0 Å².